The second-order valence-electron chi connectivity index (χ2n) is 7.46. The maximum atomic E-state index is 13.2. The summed E-state index contributed by atoms with van der Waals surface area (Å²) >= 11 is 0. The number of anilines is 2. The van der Waals surface area contributed by atoms with E-state index in [1.165, 1.54) is 7.11 Å². The second-order valence-corrected chi connectivity index (χ2v) is 7.46. The first kappa shape index (κ1) is 20.5. The molecule has 1 atom stereocenters. The number of rotatable bonds is 5. The minimum atomic E-state index is -0.784. The van der Waals surface area contributed by atoms with Crippen LogP contribution < -0.4 is 20.1 Å². The van der Waals surface area contributed by atoms with Crippen LogP contribution >= 0.6 is 0 Å². The van der Waals surface area contributed by atoms with E-state index in [9.17, 15) is 9.59 Å². The first-order chi connectivity index (χ1) is 14.9. The number of nitrogens with one attached hydrogen (secondary N) is 2. The molecule has 31 heavy (non-hydrogen) atoms. The van der Waals surface area contributed by atoms with Crippen LogP contribution in [0, 0.1) is 13.8 Å². The van der Waals surface area contributed by atoms with Gasteiger partial charge in [0.05, 0.1) is 32.0 Å². The molecule has 2 heterocycles. The van der Waals surface area contributed by atoms with Gasteiger partial charge in [-0.25, -0.2) is 4.68 Å². The third-order valence-corrected chi connectivity index (χ3v) is 5.37. The molecule has 0 fully saturated rings. The van der Waals surface area contributed by atoms with Crippen molar-refractivity contribution in [3.05, 3.63) is 53.6 Å². The van der Waals surface area contributed by atoms with E-state index in [-0.39, 0.29) is 18.2 Å². The SMILES string of the molecule is COc1ccc(NC(=O)[C@@H]2CC(=O)Nc3c(C)c(-c4ccc(C)cc4)nn32)c(OC)c1. The van der Waals surface area contributed by atoms with E-state index in [2.05, 4.69) is 15.7 Å². The van der Waals surface area contributed by atoms with Gasteiger partial charge in [0, 0.05) is 17.2 Å². The van der Waals surface area contributed by atoms with Crippen molar-refractivity contribution in [3.8, 4) is 22.8 Å². The topological polar surface area (TPSA) is 94.5 Å². The smallest absolute Gasteiger partial charge is 0.249 e. The summed E-state index contributed by atoms with van der Waals surface area (Å²) in [6, 6.07) is 12.3. The molecule has 3 aromatic rings. The summed E-state index contributed by atoms with van der Waals surface area (Å²) in [6.07, 6.45) is -0.00817. The van der Waals surface area contributed by atoms with Crippen LogP contribution in [0.4, 0.5) is 11.5 Å². The Hall–Kier alpha value is -3.81. The zero-order chi connectivity index (χ0) is 22.1. The van der Waals surface area contributed by atoms with Crippen LogP contribution in [0.25, 0.3) is 11.3 Å². The fraction of sp³-hybridized carbons (Fsp3) is 0.261. The van der Waals surface area contributed by atoms with Crippen molar-refractivity contribution in [2.45, 2.75) is 26.3 Å². The molecule has 0 aliphatic carbocycles. The van der Waals surface area contributed by atoms with Gasteiger partial charge in [0.15, 0.2) is 0 Å². The zero-order valence-corrected chi connectivity index (χ0v) is 17.9. The van der Waals surface area contributed by atoms with Crippen LogP contribution in [0.15, 0.2) is 42.5 Å². The lowest BCUT2D eigenvalue weighted by molar-refractivity contribution is -0.125. The molecule has 8 nitrogen and oxygen atoms in total. The molecular formula is C23H24N4O4. The third-order valence-electron chi connectivity index (χ3n) is 5.37. The van der Waals surface area contributed by atoms with Gasteiger partial charge in [-0.3, -0.25) is 9.59 Å². The van der Waals surface area contributed by atoms with Gasteiger partial charge in [0.2, 0.25) is 11.8 Å². The number of methoxy groups -OCH3 is 2. The first-order valence-corrected chi connectivity index (χ1v) is 9.90. The highest BCUT2D eigenvalue weighted by Gasteiger charge is 2.34. The lowest BCUT2D eigenvalue weighted by atomic mass is 10.1. The standard InChI is InChI=1S/C23H24N4O4/c1-13-5-7-15(8-6-13)21-14(2)22-25-20(28)12-18(27(22)26-21)23(29)24-17-10-9-16(30-3)11-19(17)31-4/h5-11,18H,12H2,1-4H3,(H,24,29)(H,25,28)/t18-/m0/s1. The summed E-state index contributed by atoms with van der Waals surface area (Å²) < 4.78 is 12.2. The van der Waals surface area contributed by atoms with E-state index in [1.54, 1.807) is 30.0 Å². The number of amides is 2. The Labute approximate surface area is 180 Å². The van der Waals surface area contributed by atoms with Gasteiger partial charge in [-0.05, 0) is 26.0 Å². The minimum Gasteiger partial charge on any atom is -0.497 e. The molecule has 0 spiro atoms. The second kappa shape index (κ2) is 8.14. The molecular weight excluding hydrogens is 396 g/mol. The van der Waals surface area contributed by atoms with Gasteiger partial charge in [-0.15, -0.1) is 0 Å². The van der Waals surface area contributed by atoms with Gasteiger partial charge in [-0.2, -0.15) is 5.10 Å². The van der Waals surface area contributed by atoms with Crippen LogP contribution in [-0.4, -0.2) is 35.8 Å². The fourth-order valence-electron chi connectivity index (χ4n) is 3.65. The van der Waals surface area contributed by atoms with Crippen molar-refractivity contribution in [2.24, 2.45) is 0 Å². The van der Waals surface area contributed by atoms with Crippen molar-refractivity contribution in [2.75, 3.05) is 24.9 Å². The van der Waals surface area contributed by atoms with E-state index in [0.717, 1.165) is 22.4 Å². The predicted molar refractivity (Wildman–Crippen MR) is 118 cm³/mol. The Morgan fingerprint density at radius 2 is 1.87 bits per heavy atom. The Balaban J connectivity index is 1.68. The molecule has 1 aliphatic heterocycles. The molecule has 0 bridgehead atoms. The third kappa shape index (κ3) is 3.84. The predicted octanol–water partition coefficient (Wildman–Crippen LogP) is 3.71. The number of nitrogens with zero attached hydrogens (tertiary/aromatic N) is 2. The van der Waals surface area contributed by atoms with E-state index >= 15 is 0 Å². The normalized spacial score (nSPS) is 15.1. The molecule has 0 radical (unpaired) electrons. The summed E-state index contributed by atoms with van der Waals surface area (Å²) in [4.78, 5) is 25.5. The largest absolute Gasteiger partial charge is 0.497 e. The minimum absolute atomic E-state index is 0.00817. The highest BCUT2D eigenvalue weighted by atomic mass is 16.5. The maximum Gasteiger partial charge on any atom is 0.249 e. The number of fused-ring (bicyclic) bond motifs is 1. The monoisotopic (exact) mass is 420 g/mol. The summed E-state index contributed by atoms with van der Waals surface area (Å²) in [5.41, 5.74) is 4.11. The highest BCUT2D eigenvalue weighted by molar-refractivity contribution is 6.02. The molecule has 0 saturated carbocycles. The molecule has 2 aromatic carbocycles. The highest BCUT2D eigenvalue weighted by Crippen LogP contribution is 2.35. The molecule has 0 saturated heterocycles. The zero-order valence-electron chi connectivity index (χ0n) is 17.9. The van der Waals surface area contributed by atoms with Gasteiger partial charge >= 0.3 is 0 Å². The fourth-order valence-corrected chi connectivity index (χ4v) is 3.65. The summed E-state index contributed by atoms with van der Waals surface area (Å²) in [7, 11) is 3.07. The number of aromatic nitrogens is 2. The Morgan fingerprint density at radius 3 is 2.55 bits per heavy atom. The van der Waals surface area contributed by atoms with Crippen molar-refractivity contribution in [1.29, 1.82) is 0 Å². The van der Waals surface area contributed by atoms with Gasteiger partial charge < -0.3 is 20.1 Å². The number of hydrogen-bond donors (Lipinski definition) is 2. The molecule has 2 N–H and O–H groups in total. The number of aryl methyl sites for hydroxylation is 1. The van der Waals surface area contributed by atoms with Gasteiger partial charge in [0.25, 0.3) is 0 Å². The van der Waals surface area contributed by atoms with Crippen molar-refractivity contribution in [1.82, 2.24) is 9.78 Å². The summed E-state index contributed by atoms with van der Waals surface area (Å²) in [5.74, 6) is 1.03. The Bertz CT molecular complexity index is 1150. The van der Waals surface area contributed by atoms with E-state index in [1.807, 2.05) is 38.1 Å². The average molecular weight is 420 g/mol. The number of carbonyl (C=O) groups excluding carboxylic acids is 2. The van der Waals surface area contributed by atoms with Crippen molar-refractivity contribution in [3.63, 3.8) is 0 Å². The number of carbonyl (C=O) groups is 2. The molecule has 8 heteroatoms. The Morgan fingerprint density at radius 1 is 1.13 bits per heavy atom. The number of ether oxygens (including phenoxy) is 2. The molecule has 2 amide bonds. The van der Waals surface area contributed by atoms with Crippen LogP contribution in [0.3, 0.4) is 0 Å². The average Bonchev–Trinajstić information content (AvgIpc) is 3.10. The van der Waals surface area contributed by atoms with Crippen LogP contribution in [0.1, 0.15) is 23.6 Å². The van der Waals surface area contributed by atoms with Crippen LogP contribution in [0.5, 0.6) is 11.5 Å². The van der Waals surface area contributed by atoms with Gasteiger partial charge in [-0.1, -0.05) is 29.8 Å². The molecule has 160 valence electrons. The van der Waals surface area contributed by atoms with E-state index in [0.29, 0.717) is 23.0 Å². The summed E-state index contributed by atoms with van der Waals surface area (Å²) in [6.45, 7) is 3.91. The number of benzene rings is 2. The first-order valence-electron chi connectivity index (χ1n) is 9.90. The number of hydrogen-bond acceptors (Lipinski definition) is 5. The Kier molecular flexibility index (Phi) is 5.37. The summed E-state index contributed by atoms with van der Waals surface area (Å²) in [5, 5.41) is 10.4. The molecule has 4 rings (SSSR count). The van der Waals surface area contributed by atoms with Crippen LogP contribution in [-0.2, 0) is 9.59 Å². The molecule has 1 aromatic heterocycles. The lowest BCUT2D eigenvalue weighted by Gasteiger charge is -2.24. The van der Waals surface area contributed by atoms with Gasteiger partial charge in [0.1, 0.15) is 23.4 Å². The quantitative estimate of drug-likeness (QED) is 0.656. The maximum absolute atomic E-state index is 13.2. The van der Waals surface area contributed by atoms with E-state index < -0.39 is 6.04 Å². The molecule has 0 unspecified atom stereocenters. The lowest BCUT2D eigenvalue weighted by Crippen LogP contribution is -2.36. The van der Waals surface area contributed by atoms with Crippen LogP contribution in [0.2, 0.25) is 0 Å². The van der Waals surface area contributed by atoms with Crippen molar-refractivity contribution >= 4 is 23.3 Å². The van der Waals surface area contributed by atoms with E-state index in [4.69, 9.17) is 9.47 Å². The van der Waals surface area contributed by atoms with Crippen molar-refractivity contribution < 1.29 is 19.1 Å². The molecule has 1 aliphatic rings.